The summed E-state index contributed by atoms with van der Waals surface area (Å²) >= 11 is 0. The van der Waals surface area contributed by atoms with Crippen LogP contribution in [-0.2, 0) is 6.54 Å². The predicted octanol–water partition coefficient (Wildman–Crippen LogP) is 2.11. The molecule has 4 nitrogen and oxygen atoms in total. The van der Waals surface area contributed by atoms with Crippen molar-refractivity contribution < 1.29 is 13.6 Å². The lowest BCUT2D eigenvalue weighted by Crippen LogP contribution is -2.21. The van der Waals surface area contributed by atoms with Crippen LogP contribution in [0.1, 0.15) is 22.1 Å². The van der Waals surface area contributed by atoms with Gasteiger partial charge in [0.15, 0.2) is 5.76 Å². The first kappa shape index (κ1) is 9.58. The van der Waals surface area contributed by atoms with E-state index < -0.39 is 0 Å². The molecule has 2 rings (SSSR count). The van der Waals surface area contributed by atoms with Crippen LogP contribution in [0.25, 0.3) is 0 Å². The smallest absolute Gasteiger partial charge is 0.287 e. The van der Waals surface area contributed by atoms with E-state index in [0.29, 0.717) is 12.3 Å². The van der Waals surface area contributed by atoms with Crippen molar-refractivity contribution in [3.05, 3.63) is 47.8 Å². The molecule has 2 aromatic rings. The molecule has 1 amide bonds. The Morgan fingerprint density at radius 2 is 2.27 bits per heavy atom. The molecule has 0 aliphatic rings. The fourth-order valence-electron chi connectivity index (χ4n) is 1.24. The van der Waals surface area contributed by atoms with Gasteiger partial charge in [-0.05, 0) is 31.2 Å². The van der Waals surface area contributed by atoms with Gasteiger partial charge < -0.3 is 14.2 Å². The number of amides is 1. The highest BCUT2D eigenvalue weighted by atomic mass is 16.3. The fraction of sp³-hybridized carbons (Fsp3) is 0.182. The lowest BCUT2D eigenvalue weighted by molar-refractivity contribution is 0.0920. The van der Waals surface area contributed by atoms with E-state index >= 15 is 0 Å². The topological polar surface area (TPSA) is 55.4 Å². The van der Waals surface area contributed by atoms with Gasteiger partial charge >= 0.3 is 0 Å². The maximum Gasteiger partial charge on any atom is 0.287 e. The molecule has 2 aromatic heterocycles. The second-order valence-electron chi connectivity index (χ2n) is 3.17. The van der Waals surface area contributed by atoms with Gasteiger partial charge in [0.1, 0.15) is 11.5 Å². The Bertz CT molecular complexity index is 442. The van der Waals surface area contributed by atoms with Crippen molar-refractivity contribution in [3.63, 3.8) is 0 Å². The Kier molecular flexibility index (Phi) is 2.58. The SMILES string of the molecule is Cc1ccc(CNC(=O)c2ccco2)o1. The summed E-state index contributed by atoms with van der Waals surface area (Å²) in [5.74, 6) is 1.62. The third-order valence-electron chi connectivity index (χ3n) is 1.96. The van der Waals surface area contributed by atoms with Gasteiger partial charge in [-0.3, -0.25) is 4.79 Å². The van der Waals surface area contributed by atoms with E-state index in [2.05, 4.69) is 5.32 Å². The summed E-state index contributed by atoms with van der Waals surface area (Å²) in [6.07, 6.45) is 1.46. The largest absolute Gasteiger partial charge is 0.465 e. The summed E-state index contributed by atoms with van der Waals surface area (Å²) in [6.45, 7) is 2.23. The highest BCUT2D eigenvalue weighted by Gasteiger charge is 2.08. The second-order valence-corrected chi connectivity index (χ2v) is 3.17. The number of nitrogens with one attached hydrogen (secondary N) is 1. The van der Waals surface area contributed by atoms with E-state index in [-0.39, 0.29) is 5.91 Å². The summed E-state index contributed by atoms with van der Waals surface area (Å²) in [5.41, 5.74) is 0. The normalized spacial score (nSPS) is 10.2. The van der Waals surface area contributed by atoms with Crippen LogP contribution in [0.15, 0.2) is 39.4 Å². The van der Waals surface area contributed by atoms with E-state index in [0.717, 1.165) is 11.5 Å². The van der Waals surface area contributed by atoms with Gasteiger partial charge in [-0.15, -0.1) is 0 Å². The molecule has 15 heavy (non-hydrogen) atoms. The number of carbonyl (C=O) groups is 1. The van der Waals surface area contributed by atoms with Crippen LogP contribution in [-0.4, -0.2) is 5.91 Å². The first-order chi connectivity index (χ1) is 7.25. The van der Waals surface area contributed by atoms with Gasteiger partial charge in [0.2, 0.25) is 0 Å². The third kappa shape index (κ3) is 2.28. The molecule has 0 aliphatic heterocycles. The van der Waals surface area contributed by atoms with Crippen molar-refractivity contribution in [1.29, 1.82) is 0 Å². The van der Waals surface area contributed by atoms with E-state index in [1.54, 1.807) is 12.1 Å². The number of furan rings is 2. The van der Waals surface area contributed by atoms with Gasteiger partial charge in [0, 0.05) is 0 Å². The van der Waals surface area contributed by atoms with Gasteiger partial charge in [-0.1, -0.05) is 0 Å². The Hall–Kier alpha value is -1.97. The standard InChI is InChI=1S/C11H11NO3/c1-8-4-5-9(15-8)7-12-11(13)10-3-2-6-14-10/h2-6H,7H2,1H3,(H,12,13). The summed E-state index contributed by atoms with van der Waals surface area (Å²) < 4.78 is 10.3. The Morgan fingerprint density at radius 1 is 1.40 bits per heavy atom. The minimum atomic E-state index is -0.242. The zero-order valence-corrected chi connectivity index (χ0v) is 8.32. The second kappa shape index (κ2) is 4.04. The maximum atomic E-state index is 11.4. The quantitative estimate of drug-likeness (QED) is 0.834. The molecule has 0 aliphatic carbocycles. The number of aryl methyl sites for hydroxylation is 1. The summed E-state index contributed by atoms with van der Waals surface area (Å²) in [4.78, 5) is 11.4. The monoisotopic (exact) mass is 205 g/mol. The summed E-state index contributed by atoms with van der Waals surface area (Å²) in [7, 11) is 0. The summed E-state index contributed by atoms with van der Waals surface area (Å²) in [6, 6.07) is 6.97. The third-order valence-corrected chi connectivity index (χ3v) is 1.96. The van der Waals surface area contributed by atoms with Crippen molar-refractivity contribution in [2.45, 2.75) is 13.5 Å². The Morgan fingerprint density at radius 3 is 2.87 bits per heavy atom. The minimum Gasteiger partial charge on any atom is -0.465 e. The van der Waals surface area contributed by atoms with Crippen LogP contribution in [0.4, 0.5) is 0 Å². The Balaban J connectivity index is 1.91. The fourth-order valence-corrected chi connectivity index (χ4v) is 1.24. The maximum absolute atomic E-state index is 11.4. The molecule has 0 aromatic carbocycles. The predicted molar refractivity (Wildman–Crippen MR) is 53.3 cm³/mol. The zero-order valence-electron chi connectivity index (χ0n) is 8.32. The van der Waals surface area contributed by atoms with E-state index in [4.69, 9.17) is 8.83 Å². The molecule has 2 heterocycles. The molecule has 4 heteroatoms. The number of hydrogen-bond donors (Lipinski definition) is 1. The number of rotatable bonds is 3. The van der Waals surface area contributed by atoms with E-state index in [9.17, 15) is 4.79 Å². The zero-order chi connectivity index (χ0) is 10.7. The number of carbonyl (C=O) groups excluding carboxylic acids is 1. The molecule has 0 spiro atoms. The lowest BCUT2D eigenvalue weighted by atomic mass is 10.4. The van der Waals surface area contributed by atoms with Crippen molar-refractivity contribution in [2.24, 2.45) is 0 Å². The van der Waals surface area contributed by atoms with Crippen molar-refractivity contribution in [3.8, 4) is 0 Å². The molecular formula is C11H11NO3. The molecular weight excluding hydrogens is 194 g/mol. The first-order valence-corrected chi connectivity index (χ1v) is 4.63. The average Bonchev–Trinajstić information content (AvgIpc) is 2.84. The molecule has 0 radical (unpaired) electrons. The molecule has 0 atom stereocenters. The molecule has 0 saturated heterocycles. The molecule has 0 bridgehead atoms. The Labute approximate surface area is 86.9 Å². The van der Waals surface area contributed by atoms with Crippen LogP contribution in [0.2, 0.25) is 0 Å². The molecule has 0 fully saturated rings. The van der Waals surface area contributed by atoms with Crippen LogP contribution >= 0.6 is 0 Å². The molecule has 78 valence electrons. The molecule has 0 saturated carbocycles. The van der Waals surface area contributed by atoms with Crippen LogP contribution in [0, 0.1) is 6.92 Å². The van der Waals surface area contributed by atoms with Crippen molar-refractivity contribution in [1.82, 2.24) is 5.32 Å². The molecule has 0 unspecified atom stereocenters. The first-order valence-electron chi connectivity index (χ1n) is 4.63. The van der Waals surface area contributed by atoms with Crippen molar-refractivity contribution >= 4 is 5.91 Å². The van der Waals surface area contributed by atoms with E-state index in [1.165, 1.54) is 6.26 Å². The van der Waals surface area contributed by atoms with Crippen LogP contribution in [0.3, 0.4) is 0 Å². The molecule has 1 N–H and O–H groups in total. The van der Waals surface area contributed by atoms with Crippen LogP contribution in [0.5, 0.6) is 0 Å². The average molecular weight is 205 g/mol. The van der Waals surface area contributed by atoms with Crippen LogP contribution < -0.4 is 5.32 Å². The number of hydrogen-bond acceptors (Lipinski definition) is 3. The minimum absolute atomic E-state index is 0.242. The van der Waals surface area contributed by atoms with Gasteiger partial charge in [0.05, 0.1) is 12.8 Å². The highest BCUT2D eigenvalue weighted by molar-refractivity contribution is 5.91. The van der Waals surface area contributed by atoms with Crippen molar-refractivity contribution in [2.75, 3.05) is 0 Å². The van der Waals surface area contributed by atoms with Gasteiger partial charge in [0.25, 0.3) is 5.91 Å². The van der Waals surface area contributed by atoms with Gasteiger partial charge in [-0.25, -0.2) is 0 Å². The highest BCUT2D eigenvalue weighted by Crippen LogP contribution is 2.06. The van der Waals surface area contributed by atoms with E-state index in [1.807, 2.05) is 19.1 Å². The summed E-state index contributed by atoms with van der Waals surface area (Å²) in [5, 5.41) is 2.69. The van der Waals surface area contributed by atoms with Gasteiger partial charge in [-0.2, -0.15) is 0 Å². The lowest BCUT2D eigenvalue weighted by Gasteiger charge is -1.99.